The molecule has 4 rings (SSSR count). The molecule has 1 aliphatic heterocycles. The molecule has 2 aromatic heterocycles. The molecule has 170 valence electrons. The van der Waals surface area contributed by atoms with E-state index in [9.17, 15) is 18.8 Å². The lowest BCUT2D eigenvalue weighted by Gasteiger charge is -2.29. The molecular weight excluding hydrogens is 433 g/mol. The first kappa shape index (κ1) is 22.2. The van der Waals surface area contributed by atoms with E-state index in [1.807, 2.05) is 0 Å². The van der Waals surface area contributed by atoms with E-state index >= 15 is 0 Å². The van der Waals surface area contributed by atoms with Crippen LogP contribution in [0, 0.1) is 11.7 Å². The number of thiazole rings is 1. The van der Waals surface area contributed by atoms with Crippen LogP contribution in [0.2, 0.25) is 0 Å². The third-order valence-corrected chi connectivity index (χ3v) is 6.82. The summed E-state index contributed by atoms with van der Waals surface area (Å²) < 4.78 is 16.6. The van der Waals surface area contributed by atoms with Gasteiger partial charge < -0.3 is 10.2 Å². The first-order valence-electron chi connectivity index (χ1n) is 10.7. The molecule has 3 aromatic rings. The summed E-state index contributed by atoms with van der Waals surface area (Å²) in [6, 6.07) is 5.43. The molecule has 1 aliphatic rings. The van der Waals surface area contributed by atoms with Crippen LogP contribution in [0.4, 0.5) is 15.2 Å². The molecule has 0 unspecified atom stereocenters. The van der Waals surface area contributed by atoms with E-state index < -0.39 is 23.0 Å². The highest BCUT2D eigenvalue weighted by Gasteiger charge is 2.24. The number of amides is 1. The summed E-state index contributed by atoms with van der Waals surface area (Å²) in [5, 5.41) is 3.17. The fourth-order valence-corrected chi connectivity index (χ4v) is 4.93. The second-order valence-corrected chi connectivity index (χ2v) is 9.46. The first-order chi connectivity index (χ1) is 15.3. The normalized spacial score (nSPS) is 15.0. The van der Waals surface area contributed by atoms with Crippen LogP contribution in [0.5, 0.6) is 0 Å². The van der Waals surface area contributed by atoms with Gasteiger partial charge in [0.05, 0.1) is 5.69 Å². The van der Waals surface area contributed by atoms with Crippen LogP contribution < -0.4 is 21.5 Å². The molecule has 10 heteroatoms. The molecule has 1 N–H and O–H groups in total. The third-order valence-electron chi connectivity index (χ3n) is 5.72. The highest BCUT2D eigenvalue weighted by atomic mass is 32.1. The maximum atomic E-state index is 13.9. The van der Waals surface area contributed by atoms with Crippen LogP contribution in [0.25, 0.3) is 10.3 Å². The second kappa shape index (κ2) is 8.85. The number of aromatic nitrogens is 3. The monoisotopic (exact) mass is 459 g/mol. The molecule has 1 saturated heterocycles. The number of anilines is 2. The summed E-state index contributed by atoms with van der Waals surface area (Å²) >= 11 is 1.25. The summed E-state index contributed by atoms with van der Waals surface area (Å²) in [7, 11) is 0. The number of carbonyl (C=O) groups excluding carboxylic acids is 1. The van der Waals surface area contributed by atoms with E-state index in [-0.39, 0.29) is 23.9 Å². The number of piperidine rings is 1. The molecule has 0 atom stereocenters. The number of fused-ring (bicyclic) bond motifs is 1. The van der Waals surface area contributed by atoms with E-state index in [0.29, 0.717) is 15.7 Å². The molecule has 1 amide bonds. The molecule has 1 fully saturated rings. The van der Waals surface area contributed by atoms with E-state index in [0.717, 1.165) is 30.5 Å². The Balaban J connectivity index is 1.76. The second-order valence-electron chi connectivity index (χ2n) is 8.48. The molecule has 0 aliphatic carbocycles. The summed E-state index contributed by atoms with van der Waals surface area (Å²) in [5.74, 6) is -0.506. The van der Waals surface area contributed by atoms with Gasteiger partial charge in [-0.15, -0.1) is 0 Å². The van der Waals surface area contributed by atoms with E-state index in [1.54, 1.807) is 19.9 Å². The zero-order valence-electron chi connectivity index (χ0n) is 18.3. The average Bonchev–Trinajstić information content (AvgIpc) is 3.19. The van der Waals surface area contributed by atoms with Crippen molar-refractivity contribution in [3.05, 3.63) is 50.9 Å². The molecule has 0 saturated carbocycles. The quantitative estimate of drug-likeness (QED) is 0.633. The maximum Gasteiger partial charge on any atom is 0.333 e. The average molecular weight is 460 g/mol. The number of hydrogen-bond donors (Lipinski definition) is 1. The maximum absolute atomic E-state index is 13.9. The Morgan fingerprint density at radius 1 is 1.25 bits per heavy atom. The van der Waals surface area contributed by atoms with Gasteiger partial charge in [-0.1, -0.05) is 30.4 Å². The van der Waals surface area contributed by atoms with Crippen LogP contribution in [-0.2, 0) is 11.3 Å². The molecule has 3 heterocycles. The lowest BCUT2D eigenvalue weighted by Crippen LogP contribution is -2.42. The molecule has 8 nitrogen and oxygen atoms in total. The van der Waals surface area contributed by atoms with Gasteiger partial charge in [-0.25, -0.2) is 14.2 Å². The Kier molecular flexibility index (Phi) is 6.14. The van der Waals surface area contributed by atoms with Gasteiger partial charge in [0.1, 0.15) is 17.1 Å². The highest BCUT2D eigenvalue weighted by Crippen LogP contribution is 2.29. The lowest BCUT2D eigenvalue weighted by atomic mass is 10.00. The Hall–Kier alpha value is -3.01. The SMILES string of the molecule is CC1CCN(c2nc3c(s2)c(=O)n(C(C)C)c(=O)n3CC(=O)Nc2ccccc2F)CC1. The number of carbonyl (C=O) groups is 1. The van der Waals surface area contributed by atoms with Crippen LogP contribution in [0.15, 0.2) is 33.9 Å². The van der Waals surface area contributed by atoms with Crippen molar-refractivity contribution in [3.63, 3.8) is 0 Å². The van der Waals surface area contributed by atoms with E-state index in [1.165, 1.54) is 34.1 Å². The Bertz CT molecular complexity index is 1270. The summed E-state index contributed by atoms with van der Waals surface area (Å²) in [6.45, 7) is 6.98. The predicted octanol–water partition coefficient (Wildman–Crippen LogP) is 3.21. The van der Waals surface area contributed by atoms with Gasteiger partial charge >= 0.3 is 5.69 Å². The number of hydrogen-bond acceptors (Lipinski definition) is 6. The van der Waals surface area contributed by atoms with Crippen molar-refractivity contribution in [1.82, 2.24) is 14.1 Å². The van der Waals surface area contributed by atoms with Gasteiger partial charge in [0.25, 0.3) is 5.56 Å². The van der Waals surface area contributed by atoms with Crippen LogP contribution >= 0.6 is 11.3 Å². The predicted molar refractivity (Wildman–Crippen MR) is 124 cm³/mol. The fourth-order valence-electron chi connectivity index (χ4n) is 3.87. The third kappa shape index (κ3) is 4.19. The van der Waals surface area contributed by atoms with E-state index in [4.69, 9.17) is 0 Å². The minimum atomic E-state index is -0.606. The summed E-state index contributed by atoms with van der Waals surface area (Å²) in [4.78, 5) is 45.6. The summed E-state index contributed by atoms with van der Waals surface area (Å²) in [6.07, 6.45) is 2.06. The standard InChI is InChI=1S/C22H26FN5O3S/c1-13(2)28-20(30)18-19(25-21(32-18)26-10-8-14(3)9-11-26)27(22(28)31)12-17(29)24-16-7-5-4-6-15(16)23/h4-7,13-14H,8-12H2,1-3H3,(H,24,29). The van der Waals surface area contributed by atoms with Crippen LogP contribution in [0.3, 0.4) is 0 Å². The summed E-state index contributed by atoms with van der Waals surface area (Å²) in [5.41, 5.74) is -0.787. The molecule has 0 bridgehead atoms. The number of nitrogens with one attached hydrogen (secondary N) is 1. The van der Waals surface area contributed by atoms with Crippen molar-refractivity contribution in [2.45, 2.75) is 46.2 Å². The largest absolute Gasteiger partial charge is 0.348 e. The molecular formula is C22H26FN5O3S. The van der Waals surface area contributed by atoms with Gasteiger partial charge in [0.2, 0.25) is 5.91 Å². The number of benzene rings is 1. The molecule has 1 aromatic carbocycles. The minimum absolute atomic E-state index is 0.0281. The van der Waals surface area contributed by atoms with Gasteiger partial charge in [0.15, 0.2) is 10.8 Å². The number of nitrogens with zero attached hydrogens (tertiary/aromatic N) is 4. The van der Waals surface area contributed by atoms with Crippen molar-refractivity contribution in [2.24, 2.45) is 5.92 Å². The van der Waals surface area contributed by atoms with E-state index in [2.05, 4.69) is 22.1 Å². The Morgan fingerprint density at radius 2 is 1.94 bits per heavy atom. The highest BCUT2D eigenvalue weighted by molar-refractivity contribution is 7.22. The Morgan fingerprint density at radius 3 is 2.59 bits per heavy atom. The van der Waals surface area contributed by atoms with Crippen LogP contribution in [0.1, 0.15) is 39.7 Å². The van der Waals surface area contributed by atoms with Crippen molar-refractivity contribution in [3.8, 4) is 0 Å². The zero-order chi connectivity index (χ0) is 23.0. The van der Waals surface area contributed by atoms with Gasteiger partial charge in [-0.2, -0.15) is 0 Å². The van der Waals surface area contributed by atoms with Crippen molar-refractivity contribution < 1.29 is 9.18 Å². The molecule has 32 heavy (non-hydrogen) atoms. The van der Waals surface area contributed by atoms with Crippen molar-refractivity contribution in [2.75, 3.05) is 23.3 Å². The van der Waals surface area contributed by atoms with Crippen molar-refractivity contribution in [1.29, 1.82) is 0 Å². The van der Waals surface area contributed by atoms with Gasteiger partial charge in [-0.3, -0.25) is 18.7 Å². The topological polar surface area (TPSA) is 89.2 Å². The molecule has 0 radical (unpaired) electrons. The Labute approximate surface area is 188 Å². The van der Waals surface area contributed by atoms with Gasteiger partial charge in [-0.05, 0) is 44.7 Å². The number of rotatable bonds is 5. The number of halogens is 1. The van der Waals surface area contributed by atoms with Crippen molar-refractivity contribution >= 4 is 38.4 Å². The van der Waals surface area contributed by atoms with Gasteiger partial charge in [0, 0.05) is 19.1 Å². The smallest absolute Gasteiger partial charge is 0.333 e. The lowest BCUT2D eigenvalue weighted by molar-refractivity contribution is -0.116. The zero-order valence-corrected chi connectivity index (χ0v) is 19.1. The number of para-hydroxylation sites is 1. The first-order valence-corrected chi connectivity index (χ1v) is 11.5. The fraction of sp³-hybridized carbons (Fsp3) is 0.455. The molecule has 0 spiro atoms. The van der Waals surface area contributed by atoms with Crippen LogP contribution in [-0.4, -0.2) is 33.1 Å². The minimum Gasteiger partial charge on any atom is -0.348 e.